The maximum atomic E-state index is 5.86. The van der Waals surface area contributed by atoms with Crippen LogP contribution in [0.1, 0.15) is 26.2 Å². The lowest BCUT2D eigenvalue weighted by molar-refractivity contribution is 0.194. The normalized spacial score (nSPS) is 24.4. The van der Waals surface area contributed by atoms with Crippen LogP contribution in [0.4, 0.5) is 0 Å². The van der Waals surface area contributed by atoms with Gasteiger partial charge in [-0.15, -0.1) is 15.3 Å². The monoisotopic (exact) mass is 252 g/mol. The van der Waals surface area contributed by atoms with E-state index in [4.69, 9.17) is 16.3 Å². The van der Waals surface area contributed by atoms with Gasteiger partial charge in [-0.2, -0.15) is 4.52 Å². The van der Waals surface area contributed by atoms with E-state index in [2.05, 4.69) is 22.2 Å². The molecular formula is C11H13ClN4O. The van der Waals surface area contributed by atoms with E-state index in [0.717, 1.165) is 18.8 Å². The molecule has 5 nitrogen and oxygen atoms in total. The van der Waals surface area contributed by atoms with Crippen LogP contribution in [0.5, 0.6) is 5.88 Å². The fourth-order valence-corrected chi connectivity index (χ4v) is 2.40. The molecule has 0 radical (unpaired) electrons. The Morgan fingerprint density at radius 2 is 2.24 bits per heavy atom. The zero-order chi connectivity index (χ0) is 11.8. The van der Waals surface area contributed by atoms with Crippen LogP contribution in [0, 0.1) is 5.92 Å². The van der Waals surface area contributed by atoms with Gasteiger partial charge in [0, 0.05) is 6.07 Å². The Morgan fingerprint density at radius 1 is 1.35 bits per heavy atom. The van der Waals surface area contributed by atoms with E-state index in [1.807, 2.05) is 6.07 Å². The zero-order valence-corrected chi connectivity index (χ0v) is 10.3. The summed E-state index contributed by atoms with van der Waals surface area (Å²) in [7, 11) is 0. The van der Waals surface area contributed by atoms with Gasteiger partial charge in [-0.05, 0) is 42.8 Å². The highest BCUT2D eigenvalue weighted by atomic mass is 35.5. The molecule has 17 heavy (non-hydrogen) atoms. The van der Waals surface area contributed by atoms with Crippen LogP contribution in [0.15, 0.2) is 12.1 Å². The second-order valence-corrected chi connectivity index (χ2v) is 4.91. The second kappa shape index (κ2) is 4.14. The number of hydrogen-bond donors (Lipinski definition) is 0. The summed E-state index contributed by atoms with van der Waals surface area (Å²) in [6, 6.07) is 3.61. The molecule has 0 aromatic carbocycles. The lowest BCUT2D eigenvalue weighted by Gasteiger charge is -2.12. The Bertz CT molecular complexity index is 541. The van der Waals surface area contributed by atoms with Crippen LogP contribution in [-0.4, -0.2) is 25.9 Å². The molecule has 2 heterocycles. The number of rotatable bonds is 2. The van der Waals surface area contributed by atoms with Gasteiger partial charge in [-0.1, -0.05) is 6.92 Å². The van der Waals surface area contributed by atoms with E-state index >= 15 is 0 Å². The van der Waals surface area contributed by atoms with Crippen molar-refractivity contribution in [3.8, 4) is 5.88 Å². The minimum atomic E-state index is 0.255. The van der Waals surface area contributed by atoms with Gasteiger partial charge in [0.2, 0.25) is 11.2 Å². The quantitative estimate of drug-likeness (QED) is 0.823. The van der Waals surface area contributed by atoms with Crippen molar-refractivity contribution in [2.75, 3.05) is 0 Å². The van der Waals surface area contributed by atoms with Gasteiger partial charge in [0.05, 0.1) is 0 Å². The molecule has 2 unspecified atom stereocenters. The van der Waals surface area contributed by atoms with Crippen molar-refractivity contribution in [1.29, 1.82) is 0 Å². The Morgan fingerprint density at radius 3 is 3.00 bits per heavy atom. The van der Waals surface area contributed by atoms with Crippen LogP contribution in [-0.2, 0) is 0 Å². The van der Waals surface area contributed by atoms with Crippen LogP contribution in [0.2, 0.25) is 5.28 Å². The van der Waals surface area contributed by atoms with Crippen molar-refractivity contribution in [2.24, 2.45) is 5.92 Å². The van der Waals surface area contributed by atoms with Crippen molar-refractivity contribution in [2.45, 2.75) is 32.3 Å². The number of fused-ring (bicyclic) bond motifs is 1. The molecule has 0 spiro atoms. The molecule has 1 fully saturated rings. The maximum Gasteiger partial charge on any atom is 0.246 e. The third-order valence-corrected chi connectivity index (χ3v) is 3.37. The van der Waals surface area contributed by atoms with Crippen molar-refractivity contribution in [1.82, 2.24) is 19.8 Å². The van der Waals surface area contributed by atoms with Crippen molar-refractivity contribution >= 4 is 17.2 Å². The second-order valence-electron chi connectivity index (χ2n) is 4.57. The SMILES string of the molecule is CC1CCC(Oc2ccc3nnc(Cl)n3n2)C1. The predicted molar refractivity (Wildman–Crippen MR) is 63.2 cm³/mol. The lowest BCUT2D eigenvalue weighted by atomic mass is 10.1. The van der Waals surface area contributed by atoms with E-state index < -0.39 is 0 Å². The summed E-state index contributed by atoms with van der Waals surface area (Å²) in [4.78, 5) is 0. The van der Waals surface area contributed by atoms with Gasteiger partial charge >= 0.3 is 0 Å². The number of hydrogen-bond acceptors (Lipinski definition) is 4. The first kappa shape index (κ1) is 10.8. The molecule has 6 heteroatoms. The number of ether oxygens (including phenoxy) is 1. The van der Waals surface area contributed by atoms with E-state index in [-0.39, 0.29) is 11.4 Å². The van der Waals surface area contributed by atoms with Crippen LogP contribution >= 0.6 is 11.6 Å². The molecule has 0 amide bonds. The first-order valence-corrected chi connectivity index (χ1v) is 6.15. The van der Waals surface area contributed by atoms with Crippen molar-refractivity contribution < 1.29 is 4.74 Å². The van der Waals surface area contributed by atoms with E-state index in [0.29, 0.717) is 11.5 Å². The lowest BCUT2D eigenvalue weighted by Crippen LogP contribution is -2.13. The largest absolute Gasteiger partial charge is 0.473 e. The first-order chi connectivity index (χ1) is 8.22. The summed E-state index contributed by atoms with van der Waals surface area (Å²) < 4.78 is 7.31. The Kier molecular flexibility index (Phi) is 2.63. The summed E-state index contributed by atoms with van der Waals surface area (Å²) in [5, 5.41) is 12.1. The smallest absolute Gasteiger partial charge is 0.246 e. The van der Waals surface area contributed by atoms with Gasteiger partial charge in [0.25, 0.3) is 0 Å². The third kappa shape index (κ3) is 2.07. The maximum absolute atomic E-state index is 5.86. The summed E-state index contributed by atoms with van der Waals surface area (Å²) in [6.07, 6.45) is 3.68. The fourth-order valence-electron chi connectivity index (χ4n) is 2.24. The highest BCUT2D eigenvalue weighted by molar-refractivity contribution is 6.28. The van der Waals surface area contributed by atoms with Crippen molar-refractivity contribution in [3.05, 3.63) is 17.4 Å². The fraction of sp³-hybridized carbons (Fsp3) is 0.545. The van der Waals surface area contributed by atoms with Gasteiger partial charge < -0.3 is 4.74 Å². The van der Waals surface area contributed by atoms with Crippen LogP contribution < -0.4 is 4.74 Å². The van der Waals surface area contributed by atoms with Gasteiger partial charge in [0.1, 0.15) is 6.10 Å². The number of aromatic nitrogens is 4. The van der Waals surface area contributed by atoms with E-state index in [1.165, 1.54) is 10.9 Å². The molecule has 1 aliphatic rings. The molecule has 2 aromatic rings. The topological polar surface area (TPSA) is 52.3 Å². The molecule has 0 saturated heterocycles. The molecule has 2 aromatic heterocycles. The van der Waals surface area contributed by atoms with Crippen molar-refractivity contribution in [3.63, 3.8) is 0 Å². The van der Waals surface area contributed by atoms with E-state index in [9.17, 15) is 0 Å². The molecule has 1 saturated carbocycles. The van der Waals surface area contributed by atoms with Crippen LogP contribution in [0.3, 0.4) is 0 Å². The molecule has 3 rings (SSSR count). The summed E-state index contributed by atoms with van der Waals surface area (Å²) in [5.74, 6) is 1.32. The molecule has 90 valence electrons. The standard InChI is InChI=1S/C11H13ClN4O/c1-7-2-3-8(6-7)17-10-5-4-9-13-14-11(12)16(9)15-10/h4-5,7-8H,2-3,6H2,1H3. The van der Waals surface area contributed by atoms with E-state index in [1.54, 1.807) is 6.07 Å². The van der Waals surface area contributed by atoms with Crippen LogP contribution in [0.25, 0.3) is 5.65 Å². The molecule has 0 aliphatic heterocycles. The molecule has 2 atom stereocenters. The van der Waals surface area contributed by atoms with Gasteiger partial charge in [0.15, 0.2) is 5.65 Å². The summed E-state index contributed by atoms with van der Waals surface area (Å²) in [5.41, 5.74) is 0.627. The number of halogens is 1. The highest BCUT2D eigenvalue weighted by Crippen LogP contribution is 2.28. The molecule has 0 bridgehead atoms. The highest BCUT2D eigenvalue weighted by Gasteiger charge is 2.23. The third-order valence-electron chi connectivity index (χ3n) is 3.13. The molecular weight excluding hydrogens is 240 g/mol. The average Bonchev–Trinajstić information content (AvgIpc) is 2.87. The first-order valence-electron chi connectivity index (χ1n) is 5.77. The van der Waals surface area contributed by atoms with Gasteiger partial charge in [-0.25, -0.2) is 0 Å². The Labute approximate surface area is 104 Å². The Hall–Kier alpha value is -1.36. The predicted octanol–water partition coefficient (Wildman–Crippen LogP) is 2.35. The zero-order valence-electron chi connectivity index (χ0n) is 9.51. The van der Waals surface area contributed by atoms with Gasteiger partial charge in [-0.3, -0.25) is 0 Å². The minimum Gasteiger partial charge on any atom is -0.473 e. The molecule has 0 N–H and O–H groups in total. The summed E-state index contributed by atoms with van der Waals surface area (Å²) >= 11 is 5.86. The number of nitrogens with zero attached hydrogens (tertiary/aromatic N) is 4. The molecule has 1 aliphatic carbocycles. The Balaban J connectivity index is 1.83. The minimum absolute atomic E-state index is 0.255. The average molecular weight is 253 g/mol. The summed E-state index contributed by atoms with van der Waals surface area (Å²) in [6.45, 7) is 2.25.